The highest BCUT2D eigenvalue weighted by atomic mass is 32.2. The van der Waals surface area contributed by atoms with E-state index in [9.17, 15) is 0 Å². The van der Waals surface area contributed by atoms with Gasteiger partial charge in [-0.15, -0.1) is 11.3 Å². The summed E-state index contributed by atoms with van der Waals surface area (Å²) in [6, 6.07) is 14.5. The Bertz CT molecular complexity index is 1140. The number of aryl methyl sites for hydroxylation is 2. The number of aromatic nitrogens is 3. The first-order valence-corrected chi connectivity index (χ1v) is 10.6. The van der Waals surface area contributed by atoms with E-state index in [1.54, 1.807) is 29.5 Å². The molecule has 3 heterocycles. The number of hydrogen-bond donors (Lipinski definition) is 0. The maximum atomic E-state index is 6.31. The predicted octanol–water partition coefficient (Wildman–Crippen LogP) is 5.67. The van der Waals surface area contributed by atoms with Crippen molar-refractivity contribution in [2.24, 2.45) is 7.05 Å². The molecule has 5 nitrogen and oxygen atoms in total. The molecule has 0 atom stereocenters. The highest BCUT2D eigenvalue weighted by Gasteiger charge is 2.23. The van der Waals surface area contributed by atoms with Crippen molar-refractivity contribution >= 4 is 28.4 Å². The number of rotatable bonds is 4. The minimum Gasteiger partial charge on any atom is -0.457 e. The largest absolute Gasteiger partial charge is 0.457 e. The molecule has 7 heteroatoms. The fourth-order valence-electron chi connectivity index (χ4n) is 3.28. The smallest absolute Gasteiger partial charge is 0.195 e. The van der Waals surface area contributed by atoms with Crippen molar-refractivity contribution in [2.45, 2.75) is 18.4 Å². The maximum Gasteiger partial charge on any atom is 0.195 e. The normalized spacial score (nSPS) is 13.0. The fraction of sp³-hybridized carbons (Fsp3) is 0.143. The molecule has 0 unspecified atom stereocenters. The van der Waals surface area contributed by atoms with Gasteiger partial charge in [-0.05, 0) is 60.8 Å². The summed E-state index contributed by atoms with van der Waals surface area (Å²) in [6.45, 7) is 2.91. The van der Waals surface area contributed by atoms with Gasteiger partial charge in [0.2, 0.25) is 0 Å². The van der Waals surface area contributed by atoms with E-state index in [1.165, 1.54) is 16.0 Å². The van der Waals surface area contributed by atoms with Crippen LogP contribution in [0.5, 0.6) is 11.5 Å². The molecule has 2 aromatic carbocycles. The Morgan fingerprint density at radius 2 is 2.00 bits per heavy atom. The van der Waals surface area contributed by atoms with Gasteiger partial charge >= 0.3 is 0 Å². The Labute approximate surface area is 171 Å². The molecule has 2 aromatic heterocycles. The molecule has 0 radical (unpaired) electrons. The van der Waals surface area contributed by atoms with E-state index >= 15 is 0 Å². The van der Waals surface area contributed by atoms with Crippen LogP contribution in [0, 0.1) is 6.92 Å². The minimum absolute atomic E-state index is 0.827. The molecule has 140 valence electrons. The predicted molar refractivity (Wildman–Crippen MR) is 114 cm³/mol. The second-order valence-electron chi connectivity index (χ2n) is 6.65. The van der Waals surface area contributed by atoms with Gasteiger partial charge in [-0.3, -0.25) is 8.99 Å². The van der Waals surface area contributed by atoms with Crippen molar-refractivity contribution < 1.29 is 4.74 Å². The molecule has 28 heavy (non-hydrogen) atoms. The van der Waals surface area contributed by atoms with Crippen molar-refractivity contribution in [3.63, 3.8) is 0 Å². The van der Waals surface area contributed by atoms with Gasteiger partial charge in [0, 0.05) is 35.3 Å². The molecule has 5 rings (SSSR count). The Morgan fingerprint density at radius 1 is 1.07 bits per heavy atom. The molecule has 0 fully saturated rings. The topological polar surface area (TPSA) is 43.2 Å². The van der Waals surface area contributed by atoms with E-state index in [0.717, 1.165) is 34.4 Å². The van der Waals surface area contributed by atoms with Crippen molar-refractivity contribution in [2.75, 3.05) is 4.31 Å². The number of anilines is 1. The van der Waals surface area contributed by atoms with Gasteiger partial charge in [-0.1, -0.05) is 11.6 Å². The Hall–Kier alpha value is -2.77. The summed E-state index contributed by atoms with van der Waals surface area (Å²) < 4.78 is 10.4. The average Bonchev–Trinajstić information content (AvgIpc) is 3.42. The zero-order valence-corrected chi connectivity index (χ0v) is 17.1. The summed E-state index contributed by atoms with van der Waals surface area (Å²) >= 11 is 3.38. The number of hydrogen-bond acceptors (Lipinski definition) is 6. The summed E-state index contributed by atoms with van der Waals surface area (Å²) in [5, 5.41) is 7.33. The number of thiazole rings is 1. The van der Waals surface area contributed by atoms with Crippen LogP contribution in [0.1, 0.15) is 11.1 Å². The number of nitrogens with zero attached hydrogens (tertiary/aromatic N) is 4. The van der Waals surface area contributed by atoms with Gasteiger partial charge < -0.3 is 4.74 Å². The van der Waals surface area contributed by atoms with Gasteiger partial charge in [0.15, 0.2) is 5.13 Å². The van der Waals surface area contributed by atoms with E-state index in [1.807, 2.05) is 41.5 Å². The van der Waals surface area contributed by atoms with Crippen LogP contribution in [-0.4, -0.2) is 14.8 Å². The molecule has 1 aliphatic rings. The van der Waals surface area contributed by atoms with Gasteiger partial charge in [0.05, 0.1) is 12.2 Å². The van der Waals surface area contributed by atoms with Gasteiger partial charge in [0.25, 0.3) is 0 Å². The van der Waals surface area contributed by atoms with Crippen LogP contribution in [0.25, 0.3) is 11.3 Å². The van der Waals surface area contributed by atoms with E-state index in [2.05, 4.69) is 45.6 Å². The van der Waals surface area contributed by atoms with Gasteiger partial charge in [-0.2, -0.15) is 5.10 Å². The lowest BCUT2D eigenvalue weighted by atomic mass is 10.1. The molecule has 0 amide bonds. The summed E-state index contributed by atoms with van der Waals surface area (Å²) in [7, 11) is 1.95. The van der Waals surface area contributed by atoms with Gasteiger partial charge in [-0.25, -0.2) is 4.98 Å². The third-order valence-corrected chi connectivity index (χ3v) is 6.67. The van der Waals surface area contributed by atoms with Crippen LogP contribution in [0.3, 0.4) is 0 Å². The first kappa shape index (κ1) is 17.3. The van der Waals surface area contributed by atoms with Crippen LogP contribution >= 0.6 is 23.3 Å². The molecule has 0 bridgehead atoms. The Kier molecular flexibility index (Phi) is 4.33. The van der Waals surface area contributed by atoms with E-state index < -0.39 is 0 Å². The lowest BCUT2D eigenvalue weighted by Crippen LogP contribution is -2.06. The first-order valence-electron chi connectivity index (χ1n) is 8.92. The summed E-state index contributed by atoms with van der Waals surface area (Å²) in [4.78, 5) is 5.66. The molecule has 0 saturated heterocycles. The highest BCUT2D eigenvalue weighted by molar-refractivity contribution is 8.01. The Balaban J connectivity index is 1.44. The maximum absolute atomic E-state index is 6.31. The summed E-state index contributed by atoms with van der Waals surface area (Å²) in [5.41, 5.74) is 4.52. The zero-order valence-electron chi connectivity index (χ0n) is 15.5. The van der Waals surface area contributed by atoms with Crippen LogP contribution in [-0.2, 0) is 13.6 Å². The van der Waals surface area contributed by atoms with Crippen molar-refractivity contribution in [3.8, 4) is 22.8 Å². The van der Waals surface area contributed by atoms with Crippen LogP contribution in [0.15, 0.2) is 65.1 Å². The van der Waals surface area contributed by atoms with E-state index in [0.29, 0.717) is 0 Å². The molecule has 0 saturated carbocycles. The standard InChI is InChI=1S/C21H18N4OS2/c1-14-3-5-19(17(11-14)18-7-8-23-24(18)2)26-16-4-6-20-15(12-16)13-25(28-20)21-22-9-10-27-21/h3-12H,13H2,1-2H3. The molecule has 0 N–H and O–H groups in total. The number of benzene rings is 2. The number of ether oxygens (including phenoxy) is 1. The second kappa shape index (κ2) is 7.00. The van der Waals surface area contributed by atoms with Crippen LogP contribution < -0.4 is 9.04 Å². The van der Waals surface area contributed by atoms with Crippen molar-refractivity contribution in [1.29, 1.82) is 0 Å². The summed E-state index contributed by atoms with van der Waals surface area (Å²) in [6.07, 6.45) is 3.65. The van der Waals surface area contributed by atoms with Gasteiger partial charge in [0.1, 0.15) is 11.5 Å². The SMILES string of the molecule is Cc1ccc(Oc2ccc3c(c2)CN(c2nccs2)S3)c(-c2ccnn2C)c1. The average molecular weight is 407 g/mol. The molecule has 1 aliphatic heterocycles. The molecule has 4 aromatic rings. The van der Waals surface area contributed by atoms with E-state index in [-0.39, 0.29) is 0 Å². The lowest BCUT2D eigenvalue weighted by Gasteiger charge is -2.13. The number of fused-ring (bicyclic) bond motifs is 1. The highest BCUT2D eigenvalue weighted by Crippen LogP contribution is 2.42. The monoisotopic (exact) mass is 406 g/mol. The van der Waals surface area contributed by atoms with E-state index in [4.69, 9.17) is 4.74 Å². The third kappa shape index (κ3) is 3.16. The Morgan fingerprint density at radius 3 is 2.79 bits per heavy atom. The minimum atomic E-state index is 0.827. The zero-order chi connectivity index (χ0) is 19.1. The fourth-order valence-corrected chi connectivity index (χ4v) is 5.01. The van der Waals surface area contributed by atoms with Crippen molar-refractivity contribution in [3.05, 3.63) is 71.4 Å². The molecular weight excluding hydrogens is 388 g/mol. The third-order valence-electron chi connectivity index (χ3n) is 4.65. The summed E-state index contributed by atoms with van der Waals surface area (Å²) in [5.74, 6) is 1.67. The second-order valence-corrected chi connectivity index (χ2v) is 8.59. The molecular formula is C21H18N4OS2. The quantitative estimate of drug-likeness (QED) is 0.408. The van der Waals surface area contributed by atoms with Crippen LogP contribution in [0.2, 0.25) is 0 Å². The van der Waals surface area contributed by atoms with Crippen molar-refractivity contribution in [1.82, 2.24) is 14.8 Å². The first-order chi connectivity index (χ1) is 13.7. The lowest BCUT2D eigenvalue weighted by molar-refractivity contribution is 0.482. The molecule has 0 aliphatic carbocycles. The van der Waals surface area contributed by atoms with Crippen LogP contribution in [0.4, 0.5) is 5.13 Å². The molecule has 0 spiro atoms.